The van der Waals surface area contributed by atoms with Gasteiger partial charge in [-0.25, -0.2) is 0 Å². The zero-order valence-corrected chi connectivity index (χ0v) is 12.6. The summed E-state index contributed by atoms with van der Waals surface area (Å²) in [6.07, 6.45) is 7.04. The molecule has 0 heterocycles. The predicted molar refractivity (Wildman–Crippen MR) is 82.1 cm³/mol. The molecule has 1 aromatic carbocycles. The Morgan fingerprint density at radius 1 is 1.15 bits per heavy atom. The molecular formula is C17H27NO2. The van der Waals surface area contributed by atoms with E-state index < -0.39 is 0 Å². The number of rotatable bonds is 8. The van der Waals surface area contributed by atoms with Gasteiger partial charge in [0.1, 0.15) is 12.4 Å². The second kappa shape index (κ2) is 8.98. The summed E-state index contributed by atoms with van der Waals surface area (Å²) in [7, 11) is 1.69. The molecule has 2 rings (SSSR count). The van der Waals surface area contributed by atoms with Crippen LogP contribution in [-0.4, -0.2) is 26.9 Å². The van der Waals surface area contributed by atoms with Crippen LogP contribution in [0.15, 0.2) is 24.3 Å². The summed E-state index contributed by atoms with van der Waals surface area (Å²) in [6, 6.07) is 8.32. The van der Waals surface area contributed by atoms with Crippen LogP contribution < -0.4 is 10.1 Å². The molecule has 112 valence electrons. The van der Waals surface area contributed by atoms with Crippen molar-refractivity contribution >= 4 is 0 Å². The summed E-state index contributed by atoms with van der Waals surface area (Å²) in [5.41, 5.74) is 1.29. The summed E-state index contributed by atoms with van der Waals surface area (Å²) in [5, 5.41) is 3.59. The molecule has 1 saturated carbocycles. The fourth-order valence-electron chi connectivity index (χ4n) is 2.80. The normalized spacial score (nSPS) is 16.2. The summed E-state index contributed by atoms with van der Waals surface area (Å²) in [4.78, 5) is 0. The third kappa shape index (κ3) is 5.51. The van der Waals surface area contributed by atoms with E-state index in [0.717, 1.165) is 24.8 Å². The SMILES string of the molecule is COCCOc1cccc(CNCC2CCCCC2)c1. The Morgan fingerprint density at radius 2 is 2.00 bits per heavy atom. The van der Waals surface area contributed by atoms with Gasteiger partial charge >= 0.3 is 0 Å². The largest absolute Gasteiger partial charge is 0.491 e. The van der Waals surface area contributed by atoms with Crippen molar-refractivity contribution in [3.8, 4) is 5.75 Å². The van der Waals surface area contributed by atoms with E-state index in [4.69, 9.17) is 9.47 Å². The first-order valence-electron chi connectivity index (χ1n) is 7.80. The minimum absolute atomic E-state index is 0.607. The molecule has 0 atom stereocenters. The number of benzene rings is 1. The van der Waals surface area contributed by atoms with Crippen LogP contribution in [-0.2, 0) is 11.3 Å². The van der Waals surface area contributed by atoms with Gasteiger partial charge in [0.25, 0.3) is 0 Å². The molecule has 1 aliphatic rings. The first kappa shape index (κ1) is 15.3. The predicted octanol–water partition coefficient (Wildman–Crippen LogP) is 3.38. The van der Waals surface area contributed by atoms with E-state index in [1.807, 2.05) is 6.07 Å². The fourth-order valence-corrected chi connectivity index (χ4v) is 2.80. The van der Waals surface area contributed by atoms with Crippen LogP contribution in [0.3, 0.4) is 0 Å². The van der Waals surface area contributed by atoms with E-state index in [9.17, 15) is 0 Å². The van der Waals surface area contributed by atoms with Crippen LogP contribution in [0.1, 0.15) is 37.7 Å². The van der Waals surface area contributed by atoms with E-state index in [2.05, 4.69) is 23.5 Å². The highest BCUT2D eigenvalue weighted by Crippen LogP contribution is 2.23. The van der Waals surface area contributed by atoms with Gasteiger partial charge in [-0.2, -0.15) is 0 Å². The maximum absolute atomic E-state index is 5.63. The molecule has 0 radical (unpaired) electrons. The van der Waals surface area contributed by atoms with E-state index in [-0.39, 0.29) is 0 Å². The number of hydrogen-bond acceptors (Lipinski definition) is 3. The summed E-state index contributed by atoms with van der Waals surface area (Å²) < 4.78 is 10.6. The number of ether oxygens (including phenoxy) is 2. The molecule has 1 aromatic rings. The van der Waals surface area contributed by atoms with Gasteiger partial charge in [-0.05, 0) is 43.0 Å². The lowest BCUT2D eigenvalue weighted by atomic mass is 9.89. The molecule has 1 N–H and O–H groups in total. The van der Waals surface area contributed by atoms with Gasteiger partial charge in [-0.15, -0.1) is 0 Å². The van der Waals surface area contributed by atoms with E-state index in [1.54, 1.807) is 7.11 Å². The first-order chi connectivity index (χ1) is 9.88. The molecule has 0 aromatic heterocycles. The third-order valence-electron chi connectivity index (χ3n) is 3.94. The molecular weight excluding hydrogens is 250 g/mol. The smallest absolute Gasteiger partial charge is 0.119 e. The van der Waals surface area contributed by atoms with Gasteiger partial charge in [0.05, 0.1) is 6.61 Å². The fraction of sp³-hybridized carbons (Fsp3) is 0.647. The van der Waals surface area contributed by atoms with Crippen LogP contribution in [0, 0.1) is 5.92 Å². The molecule has 1 fully saturated rings. The lowest BCUT2D eigenvalue weighted by Gasteiger charge is -2.21. The Morgan fingerprint density at radius 3 is 2.80 bits per heavy atom. The van der Waals surface area contributed by atoms with Crippen molar-refractivity contribution in [2.45, 2.75) is 38.6 Å². The lowest BCUT2D eigenvalue weighted by molar-refractivity contribution is 0.146. The van der Waals surface area contributed by atoms with Crippen molar-refractivity contribution in [3.63, 3.8) is 0 Å². The Labute approximate surface area is 122 Å². The molecule has 0 bridgehead atoms. The Balaban J connectivity index is 1.70. The Bertz CT molecular complexity index is 375. The second-order valence-electron chi connectivity index (χ2n) is 5.62. The quantitative estimate of drug-likeness (QED) is 0.739. The van der Waals surface area contributed by atoms with Crippen LogP contribution in [0.25, 0.3) is 0 Å². The van der Waals surface area contributed by atoms with Crippen molar-refractivity contribution in [2.75, 3.05) is 26.9 Å². The Kier molecular flexibility index (Phi) is 6.89. The average Bonchev–Trinajstić information content (AvgIpc) is 2.49. The second-order valence-corrected chi connectivity index (χ2v) is 5.62. The highest BCUT2D eigenvalue weighted by molar-refractivity contribution is 5.28. The molecule has 3 heteroatoms. The van der Waals surface area contributed by atoms with Gasteiger partial charge < -0.3 is 14.8 Å². The minimum Gasteiger partial charge on any atom is -0.491 e. The molecule has 0 saturated heterocycles. The average molecular weight is 277 g/mol. The van der Waals surface area contributed by atoms with Crippen LogP contribution in [0.2, 0.25) is 0 Å². The molecule has 0 unspecified atom stereocenters. The highest BCUT2D eigenvalue weighted by Gasteiger charge is 2.12. The zero-order valence-electron chi connectivity index (χ0n) is 12.6. The van der Waals surface area contributed by atoms with Crippen LogP contribution in [0.5, 0.6) is 5.75 Å². The maximum atomic E-state index is 5.63. The van der Waals surface area contributed by atoms with Crippen molar-refractivity contribution in [1.29, 1.82) is 0 Å². The van der Waals surface area contributed by atoms with Gasteiger partial charge in [0, 0.05) is 13.7 Å². The molecule has 20 heavy (non-hydrogen) atoms. The van der Waals surface area contributed by atoms with Crippen LogP contribution >= 0.6 is 0 Å². The van der Waals surface area contributed by atoms with Crippen molar-refractivity contribution < 1.29 is 9.47 Å². The van der Waals surface area contributed by atoms with Crippen molar-refractivity contribution in [2.24, 2.45) is 5.92 Å². The molecule has 0 aliphatic heterocycles. The monoisotopic (exact) mass is 277 g/mol. The summed E-state index contributed by atoms with van der Waals surface area (Å²) in [5.74, 6) is 1.81. The summed E-state index contributed by atoms with van der Waals surface area (Å²) >= 11 is 0. The number of nitrogens with one attached hydrogen (secondary N) is 1. The number of hydrogen-bond donors (Lipinski definition) is 1. The highest BCUT2D eigenvalue weighted by atomic mass is 16.5. The van der Waals surface area contributed by atoms with Gasteiger partial charge in [0.2, 0.25) is 0 Å². The van der Waals surface area contributed by atoms with E-state index >= 15 is 0 Å². The molecule has 0 amide bonds. The van der Waals surface area contributed by atoms with E-state index in [0.29, 0.717) is 13.2 Å². The molecule has 0 spiro atoms. The Hall–Kier alpha value is -1.06. The molecule has 1 aliphatic carbocycles. The minimum atomic E-state index is 0.607. The van der Waals surface area contributed by atoms with Gasteiger partial charge in [-0.3, -0.25) is 0 Å². The van der Waals surface area contributed by atoms with Crippen LogP contribution in [0.4, 0.5) is 0 Å². The third-order valence-corrected chi connectivity index (χ3v) is 3.94. The van der Waals surface area contributed by atoms with Gasteiger partial charge in [0.15, 0.2) is 0 Å². The number of methoxy groups -OCH3 is 1. The first-order valence-corrected chi connectivity index (χ1v) is 7.80. The standard InChI is InChI=1S/C17H27NO2/c1-19-10-11-20-17-9-5-8-16(12-17)14-18-13-15-6-3-2-4-7-15/h5,8-9,12,15,18H,2-4,6-7,10-11,13-14H2,1H3. The summed E-state index contributed by atoms with van der Waals surface area (Å²) in [6.45, 7) is 3.31. The zero-order chi connectivity index (χ0) is 14.0. The van der Waals surface area contributed by atoms with Crippen molar-refractivity contribution in [1.82, 2.24) is 5.32 Å². The van der Waals surface area contributed by atoms with E-state index in [1.165, 1.54) is 37.7 Å². The molecule has 3 nitrogen and oxygen atoms in total. The van der Waals surface area contributed by atoms with Gasteiger partial charge in [-0.1, -0.05) is 31.4 Å². The topological polar surface area (TPSA) is 30.5 Å². The van der Waals surface area contributed by atoms with Crippen molar-refractivity contribution in [3.05, 3.63) is 29.8 Å². The lowest BCUT2D eigenvalue weighted by Crippen LogP contribution is -2.24. The maximum Gasteiger partial charge on any atom is 0.119 e.